The number of carbonyl (C=O) groups is 1. The van der Waals surface area contributed by atoms with Gasteiger partial charge in [0.2, 0.25) is 0 Å². The molecule has 1 aliphatic rings. The molecule has 1 amide bonds. The summed E-state index contributed by atoms with van der Waals surface area (Å²) < 4.78 is 8.21. The lowest BCUT2D eigenvalue weighted by molar-refractivity contribution is 0.0224. The van der Waals surface area contributed by atoms with Gasteiger partial charge < -0.3 is 13.9 Å². The predicted molar refractivity (Wildman–Crippen MR) is 116 cm³/mol. The van der Waals surface area contributed by atoms with Crippen LogP contribution in [0.25, 0.3) is 0 Å². The van der Waals surface area contributed by atoms with Crippen molar-refractivity contribution in [3.05, 3.63) is 24.0 Å². The van der Waals surface area contributed by atoms with Crippen molar-refractivity contribution in [1.82, 2.24) is 9.13 Å². The summed E-state index contributed by atoms with van der Waals surface area (Å²) >= 11 is 0. The number of aromatic nitrogens is 1. The standard InChI is InChI=1S/C22H40N2O2Si/c1-16(2)27(17(3)4,18(5)6)23-14-12-19(15-23)20-11-10-13-24(20)21(25)26-22(7,8)9/h12,14-18,20H,10-11,13H2,1-9H3/t20-/m1/s1. The normalized spacial score (nSPS) is 18.8. The van der Waals surface area contributed by atoms with Crippen molar-refractivity contribution in [1.29, 1.82) is 0 Å². The summed E-state index contributed by atoms with van der Waals surface area (Å²) in [6, 6.07) is 2.38. The van der Waals surface area contributed by atoms with Crippen LogP contribution in [0, 0.1) is 0 Å². The molecule has 4 nitrogen and oxygen atoms in total. The van der Waals surface area contributed by atoms with Crippen molar-refractivity contribution in [2.75, 3.05) is 6.54 Å². The topological polar surface area (TPSA) is 34.5 Å². The molecule has 0 aliphatic carbocycles. The lowest BCUT2D eigenvalue weighted by Crippen LogP contribution is -2.51. The molecule has 2 heterocycles. The smallest absolute Gasteiger partial charge is 0.410 e. The Morgan fingerprint density at radius 2 is 1.67 bits per heavy atom. The summed E-state index contributed by atoms with van der Waals surface area (Å²) in [5.74, 6) is 0. The quantitative estimate of drug-likeness (QED) is 0.530. The van der Waals surface area contributed by atoms with Crippen LogP contribution in [0.15, 0.2) is 18.5 Å². The zero-order chi connectivity index (χ0) is 20.6. The number of ether oxygens (including phenoxy) is 1. The number of carbonyl (C=O) groups excluding carboxylic acids is 1. The third-order valence-corrected chi connectivity index (χ3v) is 12.9. The Kier molecular flexibility index (Phi) is 6.55. The first-order chi connectivity index (χ1) is 12.4. The molecule has 27 heavy (non-hydrogen) atoms. The fraction of sp³-hybridized carbons (Fsp3) is 0.773. The van der Waals surface area contributed by atoms with Crippen molar-refractivity contribution < 1.29 is 9.53 Å². The molecule has 1 saturated heterocycles. The molecule has 1 fully saturated rings. The number of likely N-dealkylation sites (tertiary alicyclic amines) is 1. The SMILES string of the molecule is CC(C)[Si](C(C)C)(C(C)C)n1ccc([C@H]2CCCN2C(=O)OC(C)(C)C)c1. The van der Waals surface area contributed by atoms with E-state index in [4.69, 9.17) is 4.74 Å². The number of nitrogens with zero attached hydrogens (tertiary/aromatic N) is 2. The van der Waals surface area contributed by atoms with Gasteiger partial charge in [0.25, 0.3) is 0 Å². The lowest BCUT2D eigenvalue weighted by Gasteiger charge is -2.44. The third-order valence-electron chi connectivity index (χ3n) is 6.20. The third kappa shape index (κ3) is 4.28. The van der Waals surface area contributed by atoms with Gasteiger partial charge in [-0.2, -0.15) is 0 Å². The zero-order valence-electron chi connectivity index (χ0n) is 18.9. The first-order valence-corrected chi connectivity index (χ1v) is 12.8. The predicted octanol–water partition coefficient (Wildman–Crippen LogP) is 6.58. The minimum atomic E-state index is -1.74. The highest BCUT2D eigenvalue weighted by Crippen LogP contribution is 2.43. The summed E-state index contributed by atoms with van der Waals surface area (Å²) in [7, 11) is -1.74. The summed E-state index contributed by atoms with van der Waals surface area (Å²) in [5.41, 5.74) is 2.78. The number of hydrogen-bond donors (Lipinski definition) is 0. The summed E-state index contributed by atoms with van der Waals surface area (Å²) in [6.07, 6.45) is 6.50. The molecular weight excluding hydrogens is 352 g/mol. The van der Waals surface area contributed by atoms with E-state index in [1.165, 1.54) is 5.56 Å². The van der Waals surface area contributed by atoms with Gasteiger partial charge in [0.15, 0.2) is 8.24 Å². The van der Waals surface area contributed by atoms with E-state index < -0.39 is 13.8 Å². The molecule has 1 aromatic heterocycles. The molecule has 0 saturated carbocycles. The van der Waals surface area contributed by atoms with Crippen molar-refractivity contribution >= 4 is 14.3 Å². The highest BCUT2D eigenvalue weighted by atomic mass is 28.3. The van der Waals surface area contributed by atoms with Crippen LogP contribution < -0.4 is 0 Å². The summed E-state index contributed by atoms with van der Waals surface area (Å²) in [6.45, 7) is 20.9. The second-order valence-electron chi connectivity index (χ2n) is 10.0. The van der Waals surface area contributed by atoms with Gasteiger partial charge in [0, 0.05) is 12.7 Å². The van der Waals surface area contributed by atoms with Crippen LogP contribution >= 0.6 is 0 Å². The molecule has 154 valence electrons. The van der Waals surface area contributed by atoms with Crippen LogP contribution in [0.3, 0.4) is 0 Å². The van der Waals surface area contributed by atoms with Crippen LogP contribution in [0.5, 0.6) is 0 Å². The molecule has 0 aromatic carbocycles. The molecule has 0 N–H and O–H groups in total. The summed E-state index contributed by atoms with van der Waals surface area (Å²) in [4.78, 5) is 14.6. The summed E-state index contributed by atoms with van der Waals surface area (Å²) in [5, 5.41) is 0. The fourth-order valence-corrected chi connectivity index (χ4v) is 11.9. The number of rotatable bonds is 5. The van der Waals surface area contributed by atoms with Crippen LogP contribution in [0.1, 0.15) is 86.8 Å². The first-order valence-electron chi connectivity index (χ1n) is 10.6. The van der Waals surface area contributed by atoms with Gasteiger partial charge in [0.1, 0.15) is 5.60 Å². The average Bonchev–Trinajstić information content (AvgIpc) is 3.13. The molecule has 0 radical (unpaired) electrons. The highest BCUT2D eigenvalue weighted by Gasteiger charge is 2.45. The van der Waals surface area contributed by atoms with Crippen molar-refractivity contribution in [3.8, 4) is 0 Å². The Balaban J connectivity index is 2.34. The largest absolute Gasteiger partial charge is 0.444 e. The highest BCUT2D eigenvalue weighted by molar-refractivity contribution is 6.82. The minimum Gasteiger partial charge on any atom is -0.444 e. The van der Waals surface area contributed by atoms with Gasteiger partial charge in [-0.25, -0.2) is 4.79 Å². The molecule has 1 aliphatic heterocycles. The Bertz CT molecular complexity index is 621. The second kappa shape index (κ2) is 8.02. The van der Waals surface area contributed by atoms with Gasteiger partial charge in [-0.3, -0.25) is 0 Å². The van der Waals surface area contributed by atoms with E-state index in [1.807, 2.05) is 25.7 Å². The monoisotopic (exact) mass is 392 g/mol. The molecule has 0 spiro atoms. The van der Waals surface area contributed by atoms with E-state index >= 15 is 0 Å². The second-order valence-corrected chi connectivity index (χ2v) is 15.8. The van der Waals surface area contributed by atoms with Crippen LogP contribution in [-0.4, -0.2) is 35.6 Å². The molecule has 0 unspecified atom stereocenters. The Morgan fingerprint density at radius 3 is 2.15 bits per heavy atom. The van der Waals surface area contributed by atoms with Gasteiger partial charge in [-0.1, -0.05) is 41.5 Å². The Hall–Kier alpha value is -1.23. The molecular formula is C22H40N2O2Si. The van der Waals surface area contributed by atoms with Crippen LogP contribution in [-0.2, 0) is 4.74 Å². The fourth-order valence-electron chi connectivity index (χ4n) is 5.40. The van der Waals surface area contributed by atoms with E-state index in [9.17, 15) is 4.79 Å². The van der Waals surface area contributed by atoms with Crippen LogP contribution in [0.2, 0.25) is 16.6 Å². The number of amides is 1. The van der Waals surface area contributed by atoms with Gasteiger partial charge >= 0.3 is 6.09 Å². The van der Waals surface area contributed by atoms with Gasteiger partial charge in [-0.05, 0) is 68.1 Å². The van der Waals surface area contributed by atoms with Gasteiger partial charge in [-0.15, -0.1) is 0 Å². The minimum absolute atomic E-state index is 0.138. The molecule has 0 bridgehead atoms. The average molecular weight is 393 g/mol. The zero-order valence-corrected chi connectivity index (χ0v) is 19.9. The maximum atomic E-state index is 12.7. The maximum absolute atomic E-state index is 12.7. The molecule has 2 rings (SSSR count). The van der Waals surface area contributed by atoms with E-state index in [1.54, 1.807) is 0 Å². The van der Waals surface area contributed by atoms with Crippen LogP contribution in [0.4, 0.5) is 4.79 Å². The lowest BCUT2D eigenvalue weighted by atomic mass is 10.1. The molecule has 5 heteroatoms. The first kappa shape index (κ1) is 22.1. The van der Waals surface area contributed by atoms with E-state index in [0.717, 1.165) is 19.4 Å². The van der Waals surface area contributed by atoms with Crippen molar-refractivity contribution in [2.24, 2.45) is 0 Å². The van der Waals surface area contributed by atoms with E-state index in [-0.39, 0.29) is 12.1 Å². The Morgan fingerprint density at radius 1 is 1.11 bits per heavy atom. The van der Waals surface area contributed by atoms with Crippen molar-refractivity contribution in [3.63, 3.8) is 0 Å². The molecule has 1 atom stereocenters. The molecule has 1 aromatic rings. The van der Waals surface area contributed by atoms with E-state index in [0.29, 0.717) is 16.6 Å². The van der Waals surface area contributed by atoms with E-state index in [2.05, 4.69) is 64.2 Å². The maximum Gasteiger partial charge on any atom is 0.410 e. The Labute approximate surface area is 167 Å². The van der Waals surface area contributed by atoms with Gasteiger partial charge in [0.05, 0.1) is 6.04 Å². The van der Waals surface area contributed by atoms with Crippen molar-refractivity contribution in [2.45, 2.75) is 103 Å². The number of hydrogen-bond acceptors (Lipinski definition) is 2.